The van der Waals surface area contributed by atoms with Crippen LogP contribution in [0.15, 0.2) is 72.9 Å². The van der Waals surface area contributed by atoms with Crippen LogP contribution >= 0.6 is 0 Å². The van der Waals surface area contributed by atoms with Gasteiger partial charge in [-0.05, 0) is 23.0 Å². The van der Waals surface area contributed by atoms with E-state index in [2.05, 4.69) is 48.4 Å². The third-order valence-corrected chi connectivity index (χ3v) is 6.25. The van der Waals surface area contributed by atoms with Gasteiger partial charge >= 0.3 is 0 Å². The molecule has 1 aromatic heterocycles. The SMILES string of the molecule is CN(C[C@]1(c2ccccc2)CC1(C)C)C(=O)c1cn(C/C=C/c2ccccc2)nn1. The van der Waals surface area contributed by atoms with Crippen LogP contribution in [-0.4, -0.2) is 39.4 Å². The Morgan fingerprint density at radius 1 is 1.10 bits per heavy atom. The number of likely N-dealkylation sites (N-methyl/N-ethyl adjacent to an activating group) is 1. The third kappa shape index (κ3) is 3.92. The van der Waals surface area contributed by atoms with Crippen LogP contribution in [0.2, 0.25) is 0 Å². The lowest BCUT2D eigenvalue weighted by molar-refractivity contribution is 0.0769. The Hall–Kier alpha value is -3.21. The number of carbonyl (C=O) groups excluding carboxylic acids is 1. The fourth-order valence-electron chi connectivity index (χ4n) is 4.34. The van der Waals surface area contributed by atoms with E-state index in [1.165, 1.54) is 5.56 Å². The number of hydrogen-bond acceptors (Lipinski definition) is 3. The van der Waals surface area contributed by atoms with Crippen LogP contribution in [0.1, 0.15) is 41.9 Å². The molecule has 0 bridgehead atoms. The molecule has 5 heteroatoms. The fraction of sp³-hybridized carbons (Fsp3) is 0.320. The average molecular weight is 401 g/mol. The molecule has 154 valence electrons. The minimum atomic E-state index is -0.0914. The first kappa shape index (κ1) is 20.1. The van der Waals surface area contributed by atoms with E-state index >= 15 is 0 Å². The molecule has 0 N–H and O–H groups in total. The molecule has 30 heavy (non-hydrogen) atoms. The van der Waals surface area contributed by atoms with E-state index in [4.69, 9.17) is 0 Å². The third-order valence-electron chi connectivity index (χ3n) is 6.25. The van der Waals surface area contributed by atoms with Crippen LogP contribution < -0.4 is 0 Å². The number of rotatable bonds is 7. The van der Waals surface area contributed by atoms with Crippen LogP contribution in [0.4, 0.5) is 0 Å². The molecular weight excluding hydrogens is 372 g/mol. The summed E-state index contributed by atoms with van der Waals surface area (Å²) in [5, 5.41) is 8.23. The lowest BCUT2D eigenvalue weighted by Crippen LogP contribution is -2.36. The first-order valence-corrected chi connectivity index (χ1v) is 10.3. The van der Waals surface area contributed by atoms with Crippen LogP contribution in [0, 0.1) is 5.41 Å². The summed E-state index contributed by atoms with van der Waals surface area (Å²) in [5.74, 6) is -0.0914. The van der Waals surface area contributed by atoms with Crippen molar-refractivity contribution in [2.24, 2.45) is 5.41 Å². The maximum absolute atomic E-state index is 13.0. The maximum atomic E-state index is 13.0. The molecule has 4 rings (SSSR count). The zero-order valence-corrected chi connectivity index (χ0v) is 17.8. The highest BCUT2D eigenvalue weighted by Gasteiger charge is 2.62. The van der Waals surface area contributed by atoms with E-state index in [-0.39, 0.29) is 16.7 Å². The van der Waals surface area contributed by atoms with E-state index in [9.17, 15) is 4.79 Å². The van der Waals surface area contributed by atoms with Crippen LogP contribution in [0.3, 0.4) is 0 Å². The number of amides is 1. The van der Waals surface area contributed by atoms with Gasteiger partial charge in [-0.3, -0.25) is 4.79 Å². The molecule has 0 unspecified atom stereocenters. The number of allylic oxidation sites excluding steroid dienone is 1. The fourth-order valence-corrected chi connectivity index (χ4v) is 4.34. The van der Waals surface area contributed by atoms with Gasteiger partial charge in [-0.1, -0.05) is 91.9 Å². The Morgan fingerprint density at radius 3 is 2.37 bits per heavy atom. The van der Waals surface area contributed by atoms with Gasteiger partial charge in [-0.2, -0.15) is 0 Å². The predicted octanol–water partition coefficient (Wildman–Crippen LogP) is 4.43. The molecule has 1 fully saturated rings. The van der Waals surface area contributed by atoms with Crippen molar-refractivity contribution in [2.75, 3.05) is 13.6 Å². The van der Waals surface area contributed by atoms with Crippen LogP contribution in [0.5, 0.6) is 0 Å². The van der Waals surface area contributed by atoms with Crippen LogP contribution in [0.25, 0.3) is 6.08 Å². The average Bonchev–Trinajstić information content (AvgIpc) is 3.08. The van der Waals surface area contributed by atoms with E-state index in [1.54, 1.807) is 15.8 Å². The summed E-state index contributed by atoms with van der Waals surface area (Å²) in [5.41, 5.74) is 2.97. The zero-order valence-electron chi connectivity index (χ0n) is 17.8. The number of carbonyl (C=O) groups is 1. The molecule has 0 radical (unpaired) electrons. The Balaban J connectivity index is 1.42. The van der Waals surface area contributed by atoms with Gasteiger partial charge in [0, 0.05) is 19.0 Å². The van der Waals surface area contributed by atoms with E-state index < -0.39 is 0 Å². The van der Waals surface area contributed by atoms with Gasteiger partial charge in [0.05, 0.1) is 12.7 Å². The van der Waals surface area contributed by atoms with Crippen LogP contribution in [-0.2, 0) is 12.0 Å². The maximum Gasteiger partial charge on any atom is 0.275 e. The number of nitrogens with zero attached hydrogens (tertiary/aromatic N) is 4. The molecule has 5 nitrogen and oxygen atoms in total. The molecule has 3 aromatic rings. The summed E-state index contributed by atoms with van der Waals surface area (Å²) in [7, 11) is 1.86. The lowest BCUT2D eigenvalue weighted by atomic mass is 9.87. The second kappa shape index (κ2) is 7.90. The minimum absolute atomic E-state index is 0.00686. The Labute approximate surface area is 178 Å². The van der Waals surface area contributed by atoms with Gasteiger partial charge in [0.1, 0.15) is 0 Å². The zero-order chi connectivity index (χ0) is 21.2. The smallest absolute Gasteiger partial charge is 0.275 e. The highest BCUT2D eigenvalue weighted by Crippen LogP contribution is 2.64. The molecule has 1 atom stereocenters. The summed E-state index contributed by atoms with van der Waals surface area (Å²) in [6, 6.07) is 20.6. The number of hydrogen-bond donors (Lipinski definition) is 0. The number of aromatic nitrogens is 3. The predicted molar refractivity (Wildman–Crippen MR) is 119 cm³/mol. The summed E-state index contributed by atoms with van der Waals surface area (Å²) in [4.78, 5) is 14.8. The van der Waals surface area contributed by atoms with Gasteiger partial charge in [0.15, 0.2) is 5.69 Å². The molecule has 1 heterocycles. The van der Waals surface area contributed by atoms with Crippen molar-refractivity contribution in [3.8, 4) is 0 Å². The Bertz CT molecular complexity index is 1040. The van der Waals surface area contributed by atoms with E-state index in [1.807, 2.05) is 55.6 Å². The van der Waals surface area contributed by atoms with Crippen molar-refractivity contribution >= 4 is 12.0 Å². The summed E-state index contributed by atoms with van der Waals surface area (Å²) < 4.78 is 1.69. The second-order valence-electron chi connectivity index (χ2n) is 8.81. The summed E-state index contributed by atoms with van der Waals surface area (Å²) in [6.07, 6.45) is 6.84. The lowest BCUT2D eigenvalue weighted by Gasteiger charge is -2.27. The van der Waals surface area contributed by atoms with E-state index in [0.717, 1.165) is 12.0 Å². The van der Waals surface area contributed by atoms with Crippen molar-refractivity contribution in [1.29, 1.82) is 0 Å². The molecule has 1 aliphatic carbocycles. The molecule has 2 aromatic carbocycles. The normalized spacial score (nSPS) is 19.7. The highest BCUT2D eigenvalue weighted by molar-refractivity contribution is 5.91. The molecule has 1 amide bonds. The Morgan fingerprint density at radius 2 is 1.73 bits per heavy atom. The second-order valence-corrected chi connectivity index (χ2v) is 8.81. The quantitative estimate of drug-likeness (QED) is 0.589. The van der Waals surface area contributed by atoms with Crippen molar-refractivity contribution in [1.82, 2.24) is 19.9 Å². The first-order valence-electron chi connectivity index (χ1n) is 10.3. The number of benzene rings is 2. The Kier molecular flexibility index (Phi) is 5.29. The van der Waals surface area contributed by atoms with Crippen molar-refractivity contribution in [3.63, 3.8) is 0 Å². The summed E-state index contributed by atoms with van der Waals surface area (Å²) >= 11 is 0. The van der Waals surface area contributed by atoms with Gasteiger partial charge < -0.3 is 4.90 Å². The van der Waals surface area contributed by atoms with Gasteiger partial charge in [0.25, 0.3) is 5.91 Å². The van der Waals surface area contributed by atoms with Gasteiger partial charge in [0.2, 0.25) is 0 Å². The summed E-state index contributed by atoms with van der Waals surface area (Å²) in [6.45, 7) is 5.78. The van der Waals surface area contributed by atoms with Gasteiger partial charge in [-0.15, -0.1) is 5.10 Å². The van der Waals surface area contributed by atoms with Crippen molar-refractivity contribution in [2.45, 2.75) is 32.2 Å². The molecule has 1 aliphatic rings. The van der Waals surface area contributed by atoms with Crippen molar-refractivity contribution < 1.29 is 4.79 Å². The largest absolute Gasteiger partial charge is 0.339 e. The van der Waals surface area contributed by atoms with Crippen molar-refractivity contribution in [3.05, 3.63) is 89.8 Å². The van der Waals surface area contributed by atoms with Gasteiger partial charge in [-0.25, -0.2) is 4.68 Å². The molecule has 0 spiro atoms. The highest BCUT2D eigenvalue weighted by atomic mass is 16.2. The van der Waals surface area contributed by atoms with E-state index in [0.29, 0.717) is 18.8 Å². The standard InChI is InChI=1S/C25H28N4O/c1-24(2)18-25(24,21-14-8-5-9-15-21)19-28(3)23(30)22-17-29(27-26-22)16-10-13-20-11-6-4-7-12-20/h4-15,17H,16,18-19H2,1-3H3/b13-10+/t25-/m0/s1. The molecule has 0 aliphatic heterocycles. The molecule has 1 saturated carbocycles. The first-order chi connectivity index (χ1) is 14.4. The molecule has 0 saturated heterocycles. The topological polar surface area (TPSA) is 51.0 Å². The monoisotopic (exact) mass is 400 g/mol. The molecular formula is C25H28N4O. The minimum Gasteiger partial charge on any atom is -0.339 e.